The Balaban J connectivity index is 0. The molecule has 0 amide bonds. The summed E-state index contributed by atoms with van der Waals surface area (Å²) in [5.74, 6) is 1.20. The zero-order chi connectivity index (χ0) is 9.61. The predicted molar refractivity (Wildman–Crippen MR) is 58.2 cm³/mol. The summed E-state index contributed by atoms with van der Waals surface area (Å²) in [6, 6.07) is 0. The summed E-state index contributed by atoms with van der Waals surface area (Å²) >= 11 is -1.86. The van der Waals surface area contributed by atoms with Crippen LogP contribution in [0.15, 0.2) is 0 Å². The first kappa shape index (κ1) is 17.2. The van der Waals surface area contributed by atoms with Gasteiger partial charge >= 0.3 is 29.6 Å². The standard InChI is InChI=1S/C7H16O2S3.Na/c1-7(2,3)11-10-5-4-6-12(8)9;/h4-6H2,1-3H3,(H,8,9);/q;+1/p-1. The summed E-state index contributed by atoms with van der Waals surface area (Å²) in [4.78, 5) is 0. The van der Waals surface area contributed by atoms with E-state index in [2.05, 4.69) is 20.8 Å². The van der Waals surface area contributed by atoms with E-state index in [0.717, 1.165) is 12.2 Å². The van der Waals surface area contributed by atoms with Crippen LogP contribution >= 0.6 is 21.6 Å². The molecular formula is C7H15NaO2S3. The third-order valence-corrected chi connectivity index (χ3v) is 4.90. The Bertz CT molecular complexity index is 147. The maximum absolute atomic E-state index is 10.1. The van der Waals surface area contributed by atoms with Gasteiger partial charge in [0.25, 0.3) is 0 Å². The molecule has 0 aromatic carbocycles. The first-order valence-corrected chi connectivity index (χ1v) is 7.34. The molecule has 0 N–H and O–H groups in total. The third kappa shape index (κ3) is 16.5. The normalized spacial score (nSPS) is 13.5. The molecule has 0 bridgehead atoms. The fourth-order valence-electron chi connectivity index (χ4n) is 0.454. The van der Waals surface area contributed by atoms with Crippen molar-refractivity contribution in [3.05, 3.63) is 0 Å². The molecule has 0 aliphatic rings. The van der Waals surface area contributed by atoms with Gasteiger partial charge in [0.05, 0.1) is 0 Å². The molecule has 1 unspecified atom stereocenters. The van der Waals surface area contributed by atoms with E-state index >= 15 is 0 Å². The molecule has 1 atom stereocenters. The smallest absolute Gasteiger partial charge is 0.772 e. The van der Waals surface area contributed by atoms with E-state index in [0.29, 0.717) is 0 Å². The Kier molecular flexibility index (Phi) is 12.0. The Hall–Kier alpha value is 1.81. The van der Waals surface area contributed by atoms with Crippen molar-refractivity contribution in [2.24, 2.45) is 0 Å². The maximum atomic E-state index is 10.1. The summed E-state index contributed by atoms with van der Waals surface area (Å²) in [5.41, 5.74) is 0. The molecule has 74 valence electrons. The topological polar surface area (TPSA) is 40.1 Å². The number of hydrogen-bond donors (Lipinski definition) is 0. The van der Waals surface area contributed by atoms with Crippen LogP contribution in [0, 0.1) is 0 Å². The molecule has 0 saturated heterocycles. The van der Waals surface area contributed by atoms with Gasteiger partial charge in [0.2, 0.25) is 0 Å². The summed E-state index contributed by atoms with van der Waals surface area (Å²) in [7, 11) is 3.55. The van der Waals surface area contributed by atoms with Crippen molar-refractivity contribution in [3.63, 3.8) is 0 Å². The fourth-order valence-corrected chi connectivity index (χ4v) is 3.38. The molecule has 0 heterocycles. The van der Waals surface area contributed by atoms with E-state index < -0.39 is 11.1 Å². The molecule has 0 aliphatic heterocycles. The Morgan fingerprint density at radius 1 is 1.38 bits per heavy atom. The van der Waals surface area contributed by atoms with Crippen LogP contribution < -0.4 is 29.6 Å². The van der Waals surface area contributed by atoms with Gasteiger partial charge in [-0.2, -0.15) is 0 Å². The molecule has 2 nitrogen and oxygen atoms in total. The van der Waals surface area contributed by atoms with Crippen LogP contribution in [0.25, 0.3) is 0 Å². The monoisotopic (exact) mass is 250 g/mol. The van der Waals surface area contributed by atoms with Crippen molar-refractivity contribution >= 4 is 32.7 Å². The van der Waals surface area contributed by atoms with E-state index in [1.165, 1.54) is 0 Å². The van der Waals surface area contributed by atoms with E-state index in [1.54, 1.807) is 21.6 Å². The average molecular weight is 250 g/mol. The van der Waals surface area contributed by atoms with Crippen LogP contribution in [0.2, 0.25) is 0 Å². The molecule has 0 aromatic heterocycles. The van der Waals surface area contributed by atoms with E-state index in [-0.39, 0.29) is 40.1 Å². The SMILES string of the molecule is CC(C)(C)SSCCCS(=O)[O-].[Na+]. The van der Waals surface area contributed by atoms with E-state index in [9.17, 15) is 8.76 Å². The summed E-state index contributed by atoms with van der Waals surface area (Å²) in [6.45, 7) is 6.45. The van der Waals surface area contributed by atoms with Crippen molar-refractivity contribution < 1.29 is 38.3 Å². The van der Waals surface area contributed by atoms with Gasteiger partial charge in [-0.1, -0.05) is 53.4 Å². The second-order valence-electron chi connectivity index (χ2n) is 3.38. The van der Waals surface area contributed by atoms with Gasteiger partial charge < -0.3 is 4.55 Å². The minimum atomic E-state index is -1.86. The van der Waals surface area contributed by atoms with Crippen molar-refractivity contribution in [2.45, 2.75) is 31.9 Å². The molecule has 0 rings (SSSR count). The van der Waals surface area contributed by atoms with Crippen molar-refractivity contribution in [1.82, 2.24) is 0 Å². The second-order valence-corrected chi connectivity index (χ2v) is 7.64. The van der Waals surface area contributed by atoms with Crippen LogP contribution in [-0.4, -0.2) is 25.0 Å². The molecular weight excluding hydrogens is 235 g/mol. The van der Waals surface area contributed by atoms with Crippen LogP contribution in [0.4, 0.5) is 0 Å². The molecule has 0 radical (unpaired) electrons. The molecule has 0 aromatic rings. The van der Waals surface area contributed by atoms with Crippen LogP contribution in [-0.2, 0) is 11.1 Å². The molecule has 6 heteroatoms. The van der Waals surface area contributed by atoms with Crippen LogP contribution in [0.1, 0.15) is 27.2 Å². The molecule has 0 saturated carbocycles. The van der Waals surface area contributed by atoms with Gasteiger partial charge in [-0.15, -0.1) is 0 Å². The minimum Gasteiger partial charge on any atom is -0.772 e. The fraction of sp³-hybridized carbons (Fsp3) is 1.00. The van der Waals surface area contributed by atoms with Crippen molar-refractivity contribution in [1.29, 1.82) is 0 Å². The first-order chi connectivity index (χ1) is 5.42. The van der Waals surface area contributed by atoms with Gasteiger partial charge in [0, 0.05) is 16.3 Å². The predicted octanol–water partition coefficient (Wildman–Crippen LogP) is -0.560. The minimum absolute atomic E-state index is 0. The Morgan fingerprint density at radius 3 is 2.31 bits per heavy atom. The molecule has 13 heavy (non-hydrogen) atoms. The summed E-state index contributed by atoms with van der Waals surface area (Å²) in [6.07, 6.45) is 0.754. The largest absolute Gasteiger partial charge is 1.00 e. The van der Waals surface area contributed by atoms with Crippen molar-refractivity contribution in [3.8, 4) is 0 Å². The quantitative estimate of drug-likeness (QED) is 0.284. The third-order valence-electron chi connectivity index (χ3n) is 0.848. The van der Waals surface area contributed by atoms with Gasteiger partial charge in [-0.25, -0.2) is 0 Å². The van der Waals surface area contributed by atoms with Gasteiger partial charge in [-0.05, 0) is 6.42 Å². The number of rotatable bonds is 5. The molecule has 0 aliphatic carbocycles. The summed E-state index contributed by atoms with van der Waals surface area (Å²) < 4.78 is 20.6. The Morgan fingerprint density at radius 2 is 1.92 bits per heavy atom. The van der Waals surface area contributed by atoms with Crippen LogP contribution in [0.3, 0.4) is 0 Å². The zero-order valence-corrected chi connectivity index (χ0v) is 13.1. The summed E-state index contributed by atoms with van der Waals surface area (Å²) in [5, 5.41) is 0. The van der Waals surface area contributed by atoms with E-state index in [1.807, 2.05) is 0 Å². The number of hydrogen-bond acceptors (Lipinski definition) is 4. The maximum Gasteiger partial charge on any atom is 1.00 e. The second kappa shape index (κ2) is 9.07. The molecule has 0 fully saturated rings. The van der Waals surface area contributed by atoms with Crippen LogP contribution in [0.5, 0.6) is 0 Å². The molecule has 0 spiro atoms. The first-order valence-electron chi connectivity index (χ1n) is 3.78. The van der Waals surface area contributed by atoms with Gasteiger partial charge in [0.1, 0.15) is 0 Å². The average Bonchev–Trinajstić information content (AvgIpc) is 1.83. The zero-order valence-electron chi connectivity index (χ0n) is 8.66. The van der Waals surface area contributed by atoms with Crippen molar-refractivity contribution in [2.75, 3.05) is 11.5 Å². The van der Waals surface area contributed by atoms with Gasteiger partial charge in [-0.3, -0.25) is 4.21 Å². The van der Waals surface area contributed by atoms with Gasteiger partial charge in [0.15, 0.2) is 0 Å². The Labute approximate surface area is 113 Å². The van der Waals surface area contributed by atoms with E-state index in [4.69, 9.17) is 0 Å².